The molecule has 0 radical (unpaired) electrons. The number of benzene rings is 1. The van der Waals surface area contributed by atoms with Gasteiger partial charge in [0.15, 0.2) is 0 Å². The monoisotopic (exact) mass is 378 g/mol. The van der Waals surface area contributed by atoms with E-state index in [1.165, 1.54) is 4.90 Å². The zero-order valence-corrected chi connectivity index (χ0v) is 14.5. The van der Waals surface area contributed by atoms with E-state index < -0.39 is 0 Å². The minimum absolute atomic E-state index is 0. The standard InChI is InChI=1S/C14H19BrN2OS.ClH/c15-12-4-1-2-5-13(12)19-11-6-14(18)17-9-3-7-16-8-10-17;/h1-2,4-5,16H,3,6-11H2;1H. The van der Waals surface area contributed by atoms with Gasteiger partial charge in [0, 0.05) is 41.2 Å². The fraction of sp³-hybridized carbons (Fsp3) is 0.500. The molecule has 0 bridgehead atoms. The van der Waals surface area contributed by atoms with Gasteiger partial charge < -0.3 is 10.2 Å². The van der Waals surface area contributed by atoms with E-state index in [1.807, 2.05) is 23.1 Å². The molecule has 0 aliphatic carbocycles. The van der Waals surface area contributed by atoms with Gasteiger partial charge in [0.05, 0.1) is 0 Å². The van der Waals surface area contributed by atoms with E-state index in [2.05, 4.69) is 27.3 Å². The summed E-state index contributed by atoms with van der Waals surface area (Å²) < 4.78 is 1.10. The Hall–Kier alpha value is -0.230. The van der Waals surface area contributed by atoms with E-state index >= 15 is 0 Å². The number of halogens is 2. The molecule has 0 unspecified atom stereocenters. The molecule has 1 aliphatic heterocycles. The number of nitrogens with one attached hydrogen (secondary N) is 1. The van der Waals surface area contributed by atoms with Crippen LogP contribution in [0.15, 0.2) is 33.6 Å². The predicted molar refractivity (Wildman–Crippen MR) is 90.8 cm³/mol. The third-order valence-corrected chi connectivity index (χ3v) is 5.13. The molecule has 1 fully saturated rings. The lowest BCUT2D eigenvalue weighted by Gasteiger charge is -2.19. The van der Waals surface area contributed by atoms with Gasteiger partial charge in [-0.2, -0.15) is 0 Å². The maximum absolute atomic E-state index is 12.1. The predicted octanol–water partition coefficient (Wildman–Crippen LogP) is 3.18. The van der Waals surface area contributed by atoms with Crippen molar-refractivity contribution >= 4 is 46.0 Å². The molecule has 20 heavy (non-hydrogen) atoms. The Balaban J connectivity index is 0.00000200. The third kappa shape index (κ3) is 5.64. The molecule has 1 aromatic rings. The Morgan fingerprint density at radius 3 is 2.90 bits per heavy atom. The molecule has 2 rings (SSSR count). The van der Waals surface area contributed by atoms with Crippen LogP contribution in [-0.2, 0) is 4.79 Å². The maximum Gasteiger partial charge on any atom is 0.223 e. The smallest absolute Gasteiger partial charge is 0.223 e. The number of hydrogen-bond acceptors (Lipinski definition) is 3. The van der Waals surface area contributed by atoms with Gasteiger partial charge in [0.1, 0.15) is 0 Å². The number of nitrogens with zero attached hydrogens (tertiary/aromatic N) is 1. The number of hydrogen-bond donors (Lipinski definition) is 1. The number of rotatable bonds is 4. The summed E-state index contributed by atoms with van der Waals surface area (Å²) in [5.41, 5.74) is 0. The van der Waals surface area contributed by atoms with Crippen molar-refractivity contribution in [3.63, 3.8) is 0 Å². The first-order valence-electron chi connectivity index (χ1n) is 6.63. The summed E-state index contributed by atoms with van der Waals surface area (Å²) in [7, 11) is 0. The second-order valence-electron chi connectivity index (χ2n) is 4.51. The van der Waals surface area contributed by atoms with Crippen LogP contribution >= 0.6 is 40.1 Å². The van der Waals surface area contributed by atoms with Crippen LogP contribution in [-0.4, -0.2) is 42.7 Å². The average Bonchev–Trinajstić information content (AvgIpc) is 2.70. The van der Waals surface area contributed by atoms with Crippen LogP contribution in [0.3, 0.4) is 0 Å². The quantitative estimate of drug-likeness (QED) is 0.816. The first kappa shape index (κ1) is 17.8. The highest BCUT2D eigenvalue weighted by molar-refractivity contribution is 9.10. The molecule has 0 saturated carbocycles. The highest BCUT2D eigenvalue weighted by Gasteiger charge is 2.14. The lowest BCUT2D eigenvalue weighted by molar-refractivity contribution is -0.130. The van der Waals surface area contributed by atoms with E-state index in [4.69, 9.17) is 0 Å². The number of carbonyl (C=O) groups is 1. The Bertz CT molecular complexity index is 425. The zero-order chi connectivity index (χ0) is 13.5. The number of carbonyl (C=O) groups excluding carboxylic acids is 1. The van der Waals surface area contributed by atoms with Gasteiger partial charge in [0.2, 0.25) is 5.91 Å². The van der Waals surface area contributed by atoms with Gasteiger partial charge in [-0.25, -0.2) is 0 Å². The Kier molecular flexibility index (Phi) is 8.61. The largest absolute Gasteiger partial charge is 0.341 e. The van der Waals surface area contributed by atoms with Gasteiger partial charge in [-0.3, -0.25) is 4.79 Å². The lowest BCUT2D eigenvalue weighted by atomic mass is 10.3. The highest BCUT2D eigenvalue weighted by atomic mass is 79.9. The van der Waals surface area contributed by atoms with Crippen LogP contribution in [0.4, 0.5) is 0 Å². The summed E-state index contributed by atoms with van der Waals surface area (Å²) in [6, 6.07) is 8.14. The number of thioether (sulfide) groups is 1. The van der Waals surface area contributed by atoms with E-state index in [0.29, 0.717) is 6.42 Å². The molecule has 0 atom stereocenters. The summed E-state index contributed by atoms with van der Waals surface area (Å²) in [5.74, 6) is 1.12. The molecular formula is C14H20BrClN2OS. The van der Waals surface area contributed by atoms with E-state index in [0.717, 1.165) is 42.8 Å². The second-order valence-corrected chi connectivity index (χ2v) is 6.50. The first-order valence-corrected chi connectivity index (χ1v) is 8.41. The number of amides is 1. The second kappa shape index (κ2) is 9.66. The van der Waals surface area contributed by atoms with Crippen LogP contribution in [0.5, 0.6) is 0 Å². The van der Waals surface area contributed by atoms with E-state index in [9.17, 15) is 4.79 Å². The maximum atomic E-state index is 12.1. The highest BCUT2D eigenvalue weighted by Crippen LogP contribution is 2.27. The van der Waals surface area contributed by atoms with Gasteiger partial charge in [-0.1, -0.05) is 12.1 Å². The van der Waals surface area contributed by atoms with Crippen molar-refractivity contribution in [2.75, 3.05) is 31.9 Å². The fourth-order valence-electron chi connectivity index (χ4n) is 2.06. The minimum atomic E-state index is 0. The summed E-state index contributed by atoms with van der Waals surface area (Å²) in [6.07, 6.45) is 1.68. The Morgan fingerprint density at radius 2 is 2.10 bits per heavy atom. The molecular weight excluding hydrogens is 360 g/mol. The van der Waals surface area contributed by atoms with Crippen LogP contribution in [0.2, 0.25) is 0 Å². The zero-order valence-electron chi connectivity index (χ0n) is 11.3. The molecule has 0 aromatic heterocycles. The van der Waals surface area contributed by atoms with Crippen molar-refractivity contribution < 1.29 is 4.79 Å². The SMILES string of the molecule is Cl.O=C(CCSc1ccccc1Br)N1CCCNCC1. The molecule has 0 spiro atoms. The van der Waals surface area contributed by atoms with Crippen molar-refractivity contribution in [3.8, 4) is 0 Å². The lowest BCUT2D eigenvalue weighted by Crippen LogP contribution is -2.34. The summed E-state index contributed by atoms with van der Waals surface area (Å²) >= 11 is 5.26. The summed E-state index contributed by atoms with van der Waals surface area (Å²) in [5, 5.41) is 3.32. The van der Waals surface area contributed by atoms with Crippen molar-refractivity contribution in [2.45, 2.75) is 17.7 Å². The van der Waals surface area contributed by atoms with Gasteiger partial charge in [0.25, 0.3) is 0 Å². The molecule has 1 aromatic carbocycles. The first-order chi connectivity index (χ1) is 9.27. The topological polar surface area (TPSA) is 32.3 Å². The van der Waals surface area contributed by atoms with Crippen LogP contribution < -0.4 is 5.32 Å². The Labute approximate surface area is 139 Å². The third-order valence-electron chi connectivity index (χ3n) is 3.10. The molecule has 3 nitrogen and oxygen atoms in total. The molecule has 6 heteroatoms. The summed E-state index contributed by atoms with van der Waals surface area (Å²) in [6.45, 7) is 3.68. The molecule has 1 N–H and O–H groups in total. The molecule has 1 aliphatic rings. The fourth-order valence-corrected chi connectivity index (χ4v) is 3.57. The molecule has 1 saturated heterocycles. The minimum Gasteiger partial charge on any atom is -0.341 e. The van der Waals surface area contributed by atoms with Crippen molar-refractivity contribution in [3.05, 3.63) is 28.7 Å². The molecule has 112 valence electrons. The van der Waals surface area contributed by atoms with Gasteiger partial charge in [-0.05, 0) is 41.0 Å². The van der Waals surface area contributed by atoms with E-state index in [1.54, 1.807) is 11.8 Å². The van der Waals surface area contributed by atoms with Gasteiger partial charge >= 0.3 is 0 Å². The van der Waals surface area contributed by atoms with Gasteiger partial charge in [-0.15, -0.1) is 24.2 Å². The summed E-state index contributed by atoms with van der Waals surface area (Å²) in [4.78, 5) is 15.3. The van der Waals surface area contributed by atoms with Crippen LogP contribution in [0, 0.1) is 0 Å². The van der Waals surface area contributed by atoms with Crippen molar-refractivity contribution in [2.24, 2.45) is 0 Å². The van der Waals surface area contributed by atoms with Crippen LogP contribution in [0.25, 0.3) is 0 Å². The van der Waals surface area contributed by atoms with Crippen molar-refractivity contribution in [1.29, 1.82) is 0 Å². The molecule has 1 heterocycles. The van der Waals surface area contributed by atoms with E-state index in [-0.39, 0.29) is 18.3 Å². The van der Waals surface area contributed by atoms with Crippen LogP contribution in [0.1, 0.15) is 12.8 Å². The average molecular weight is 380 g/mol. The normalized spacial score (nSPS) is 15.3. The molecule has 1 amide bonds. The Morgan fingerprint density at radius 1 is 1.30 bits per heavy atom. The van der Waals surface area contributed by atoms with Crippen molar-refractivity contribution in [1.82, 2.24) is 10.2 Å².